The second-order valence-electron chi connectivity index (χ2n) is 8.24. The first-order chi connectivity index (χ1) is 14.6. The summed E-state index contributed by atoms with van der Waals surface area (Å²) < 4.78 is 5.52. The Hall–Kier alpha value is -3.06. The van der Waals surface area contributed by atoms with Crippen LogP contribution in [-0.2, 0) is 11.3 Å². The topological polar surface area (TPSA) is 69.0 Å². The van der Waals surface area contributed by atoms with Gasteiger partial charge >= 0.3 is 6.03 Å². The normalized spacial score (nSPS) is 23.2. The maximum absolute atomic E-state index is 13.4. The Morgan fingerprint density at radius 1 is 1.07 bits per heavy atom. The van der Waals surface area contributed by atoms with Gasteiger partial charge in [0.1, 0.15) is 11.8 Å². The number of nitrogens with one attached hydrogen (secondary N) is 1. The number of nitrogens with zero attached hydrogens (tertiary/aromatic N) is 3. The van der Waals surface area contributed by atoms with Crippen molar-refractivity contribution in [1.29, 1.82) is 0 Å². The summed E-state index contributed by atoms with van der Waals surface area (Å²) in [4.78, 5) is 31.8. The third kappa shape index (κ3) is 3.29. The van der Waals surface area contributed by atoms with Gasteiger partial charge < -0.3 is 14.6 Å². The van der Waals surface area contributed by atoms with Crippen molar-refractivity contribution in [2.75, 3.05) is 26.7 Å². The van der Waals surface area contributed by atoms with Gasteiger partial charge in [0.05, 0.1) is 24.1 Å². The van der Waals surface area contributed by atoms with Crippen LogP contribution in [0.25, 0.3) is 0 Å². The first kappa shape index (κ1) is 18.9. The van der Waals surface area contributed by atoms with Gasteiger partial charge in [-0.1, -0.05) is 30.3 Å². The van der Waals surface area contributed by atoms with E-state index in [1.807, 2.05) is 11.0 Å². The number of hydrogen-bond acceptors (Lipinski definition) is 4. The summed E-state index contributed by atoms with van der Waals surface area (Å²) >= 11 is 0. The molecule has 30 heavy (non-hydrogen) atoms. The van der Waals surface area contributed by atoms with Crippen molar-refractivity contribution in [3.8, 4) is 0 Å². The molecule has 4 heterocycles. The van der Waals surface area contributed by atoms with Crippen molar-refractivity contribution in [3.63, 3.8) is 0 Å². The van der Waals surface area contributed by atoms with Crippen molar-refractivity contribution in [1.82, 2.24) is 20.0 Å². The lowest BCUT2D eigenvalue weighted by Crippen LogP contribution is -2.46. The van der Waals surface area contributed by atoms with Crippen LogP contribution in [0.15, 0.2) is 64.4 Å². The maximum atomic E-state index is 13.4. The summed E-state index contributed by atoms with van der Waals surface area (Å²) in [5.41, 5.74) is 2.74. The van der Waals surface area contributed by atoms with Gasteiger partial charge in [-0.3, -0.25) is 14.6 Å². The number of hydrogen-bond donors (Lipinski definition) is 1. The van der Waals surface area contributed by atoms with Crippen molar-refractivity contribution < 1.29 is 14.0 Å². The second kappa shape index (κ2) is 7.65. The van der Waals surface area contributed by atoms with Gasteiger partial charge in [-0.25, -0.2) is 4.79 Å². The zero-order chi connectivity index (χ0) is 20.7. The van der Waals surface area contributed by atoms with Gasteiger partial charge in [0.2, 0.25) is 0 Å². The Morgan fingerprint density at radius 3 is 2.53 bits per heavy atom. The van der Waals surface area contributed by atoms with Gasteiger partial charge in [-0.2, -0.15) is 0 Å². The molecule has 5 rings (SSSR count). The van der Waals surface area contributed by atoms with Gasteiger partial charge in [-0.15, -0.1) is 0 Å². The van der Waals surface area contributed by atoms with Gasteiger partial charge in [0.15, 0.2) is 0 Å². The fraction of sp³-hybridized carbons (Fsp3) is 0.391. The summed E-state index contributed by atoms with van der Waals surface area (Å²) in [6, 6.07) is 13.5. The number of piperidine rings is 1. The Kier molecular flexibility index (Phi) is 4.83. The lowest BCUT2D eigenvalue weighted by Gasteiger charge is -2.37. The number of rotatable bonds is 4. The number of carbonyl (C=O) groups is 2. The molecule has 0 radical (unpaired) electrons. The molecule has 1 N–H and O–H groups in total. The molecular formula is C23H26N4O3. The zero-order valence-corrected chi connectivity index (χ0v) is 17.1. The molecule has 0 bridgehead atoms. The summed E-state index contributed by atoms with van der Waals surface area (Å²) in [5.74, 6) is 0.608. The number of likely N-dealkylation sites (tertiary alicyclic amines) is 1. The van der Waals surface area contributed by atoms with E-state index >= 15 is 0 Å². The molecular weight excluding hydrogens is 380 g/mol. The molecule has 1 atom stereocenters. The van der Waals surface area contributed by atoms with Gasteiger partial charge in [-0.05, 0) is 30.5 Å². The lowest BCUT2D eigenvalue weighted by atomic mass is 10.00. The quantitative estimate of drug-likeness (QED) is 0.848. The Balaban J connectivity index is 1.29. The van der Waals surface area contributed by atoms with E-state index in [1.54, 1.807) is 30.3 Å². The van der Waals surface area contributed by atoms with Crippen molar-refractivity contribution >= 4 is 11.9 Å². The van der Waals surface area contributed by atoms with Gasteiger partial charge in [0.25, 0.3) is 5.91 Å². The predicted molar refractivity (Wildman–Crippen MR) is 111 cm³/mol. The lowest BCUT2D eigenvalue weighted by molar-refractivity contribution is -0.128. The van der Waals surface area contributed by atoms with Gasteiger partial charge in [0, 0.05) is 32.7 Å². The standard InChI is InChI=1S/C23H26N4O3/c1-25-18-15-27(17-9-11-26(12-10-17)14-16-6-3-2-4-7-16)22(28)20(18)21(24-23(25)29)19-8-5-13-30-19/h2-8,13,17,21H,9-12,14-15H2,1H3,(H,24,29). The maximum Gasteiger partial charge on any atom is 0.322 e. The SMILES string of the molecule is CN1C(=O)NC(c2ccco2)C2=C1CN(C1CCN(Cc3ccccc3)CC1)C2=O. The van der Waals surface area contributed by atoms with E-state index in [2.05, 4.69) is 34.5 Å². The van der Waals surface area contributed by atoms with E-state index in [0.29, 0.717) is 17.9 Å². The number of benzene rings is 1. The molecule has 3 aliphatic heterocycles. The van der Waals surface area contributed by atoms with Crippen molar-refractivity contribution in [2.24, 2.45) is 0 Å². The van der Waals surface area contributed by atoms with Crippen LogP contribution >= 0.6 is 0 Å². The first-order valence-electron chi connectivity index (χ1n) is 10.5. The molecule has 1 aromatic carbocycles. The number of likely N-dealkylation sites (N-methyl/N-ethyl adjacent to an activating group) is 1. The Labute approximate surface area is 175 Å². The minimum absolute atomic E-state index is 0.0137. The molecule has 3 amide bonds. The Morgan fingerprint density at radius 2 is 1.83 bits per heavy atom. The molecule has 1 fully saturated rings. The van der Waals surface area contributed by atoms with E-state index in [9.17, 15) is 9.59 Å². The molecule has 7 nitrogen and oxygen atoms in total. The fourth-order valence-corrected chi connectivity index (χ4v) is 4.78. The average molecular weight is 406 g/mol. The number of furan rings is 1. The first-order valence-corrected chi connectivity index (χ1v) is 10.5. The van der Waals surface area contributed by atoms with E-state index < -0.39 is 6.04 Å². The van der Waals surface area contributed by atoms with E-state index in [4.69, 9.17) is 4.42 Å². The summed E-state index contributed by atoms with van der Waals surface area (Å²) in [5, 5.41) is 2.91. The minimum atomic E-state index is -0.519. The molecule has 7 heteroatoms. The highest BCUT2D eigenvalue weighted by atomic mass is 16.3. The van der Waals surface area contributed by atoms with Crippen LogP contribution in [0.1, 0.15) is 30.2 Å². The second-order valence-corrected chi connectivity index (χ2v) is 8.24. The minimum Gasteiger partial charge on any atom is -0.467 e. The van der Waals surface area contributed by atoms with Crippen LogP contribution < -0.4 is 5.32 Å². The van der Waals surface area contributed by atoms with E-state index in [-0.39, 0.29) is 18.0 Å². The third-order valence-electron chi connectivity index (χ3n) is 6.46. The molecule has 1 unspecified atom stereocenters. The molecule has 0 spiro atoms. The van der Waals surface area contributed by atoms with Crippen LogP contribution in [0.5, 0.6) is 0 Å². The highest BCUT2D eigenvalue weighted by Crippen LogP contribution is 2.37. The van der Waals surface area contributed by atoms with E-state index in [1.165, 1.54) is 5.56 Å². The number of amides is 3. The molecule has 1 saturated heterocycles. The molecule has 0 saturated carbocycles. The van der Waals surface area contributed by atoms with E-state index in [0.717, 1.165) is 38.2 Å². The highest BCUT2D eigenvalue weighted by molar-refractivity contribution is 6.01. The predicted octanol–water partition coefficient (Wildman–Crippen LogP) is 2.74. The van der Waals surface area contributed by atoms with Crippen molar-refractivity contribution in [2.45, 2.75) is 31.5 Å². The Bertz CT molecular complexity index is 962. The molecule has 1 aromatic heterocycles. The summed E-state index contributed by atoms with van der Waals surface area (Å²) in [7, 11) is 1.72. The smallest absolute Gasteiger partial charge is 0.322 e. The molecule has 0 aliphatic carbocycles. The summed E-state index contributed by atoms with van der Waals surface area (Å²) in [6.45, 7) is 3.35. The zero-order valence-electron chi connectivity index (χ0n) is 17.1. The third-order valence-corrected chi connectivity index (χ3v) is 6.46. The number of urea groups is 1. The van der Waals surface area contributed by atoms with Crippen LogP contribution in [0.4, 0.5) is 4.79 Å². The largest absolute Gasteiger partial charge is 0.467 e. The molecule has 156 valence electrons. The molecule has 2 aromatic rings. The van der Waals surface area contributed by atoms with Crippen LogP contribution in [0, 0.1) is 0 Å². The average Bonchev–Trinajstić information content (AvgIpc) is 3.41. The monoisotopic (exact) mass is 406 g/mol. The van der Waals surface area contributed by atoms with Crippen molar-refractivity contribution in [3.05, 3.63) is 71.3 Å². The van der Waals surface area contributed by atoms with Crippen LogP contribution in [0.3, 0.4) is 0 Å². The van der Waals surface area contributed by atoms with Crippen LogP contribution in [-0.4, -0.2) is 59.4 Å². The van der Waals surface area contributed by atoms with Crippen LogP contribution in [0.2, 0.25) is 0 Å². The highest BCUT2D eigenvalue weighted by Gasteiger charge is 2.46. The summed E-state index contributed by atoms with van der Waals surface area (Å²) in [6.07, 6.45) is 3.45. The fourth-order valence-electron chi connectivity index (χ4n) is 4.78. The number of carbonyl (C=O) groups excluding carboxylic acids is 2. The molecule has 3 aliphatic rings.